The maximum atomic E-state index is 9.68. The van der Waals surface area contributed by atoms with Crippen molar-refractivity contribution in [2.24, 2.45) is 0 Å². The van der Waals surface area contributed by atoms with Crippen LogP contribution < -0.4 is 5.32 Å². The van der Waals surface area contributed by atoms with E-state index in [1.165, 1.54) is 13.8 Å². The van der Waals surface area contributed by atoms with Crippen molar-refractivity contribution in [3.63, 3.8) is 0 Å². The molecule has 1 rings (SSSR count). The third kappa shape index (κ3) is 2.72. The summed E-state index contributed by atoms with van der Waals surface area (Å²) in [6.45, 7) is 3.07. The average molecular weight is 181 g/mol. The van der Waals surface area contributed by atoms with Crippen LogP contribution in [-0.2, 0) is 0 Å². The number of hydrogen-bond acceptors (Lipinski definition) is 3. The third-order valence-electron chi connectivity index (χ3n) is 1.98. The summed E-state index contributed by atoms with van der Waals surface area (Å²) in [6, 6.07) is 9.27. The molecule has 0 saturated carbocycles. The number of hydrogen-bond donors (Lipinski definition) is 3. The standard InChI is InChI=1S/C10H15NO2/c1-8(12)10(2,13)11-9-6-4-3-5-7-9/h3-8,11-13H,1-2H3. The van der Waals surface area contributed by atoms with Crippen molar-refractivity contribution in [3.8, 4) is 0 Å². The third-order valence-corrected chi connectivity index (χ3v) is 1.98. The van der Waals surface area contributed by atoms with Gasteiger partial charge in [0.25, 0.3) is 0 Å². The Morgan fingerprint density at radius 1 is 1.31 bits per heavy atom. The van der Waals surface area contributed by atoms with E-state index in [2.05, 4.69) is 5.32 Å². The highest BCUT2D eigenvalue weighted by Gasteiger charge is 2.25. The highest BCUT2D eigenvalue weighted by molar-refractivity contribution is 5.44. The van der Waals surface area contributed by atoms with Gasteiger partial charge in [0.1, 0.15) is 0 Å². The molecule has 0 aromatic heterocycles. The number of nitrogens with one attached hydrogen (secondary N) is 1. The van der Waals surface area contributed by atoms with Crippen molar-refractivity contribution >= 4 is 5.69 Å². The molecule has 0 aliphatic heterocycles. The SMILES string of the molecule is CC(O)C(C)(O)Nc1ccccc1. The van der Waals surface area contributed by atoms with E-state index in [1.54, 1.807) is 0 Å². The zero-order chi connectivity index (χ0) is 9.90. The second-order valence-corrected chi connectivity index (χ2v) is 3.31. The number of anilines is 1. The molecule has 0 amide bonds. The zero-order valence-corrected chi connectivity index (χ0v) is 7.86. The maximum Gasteiger partial charge on any atom is 0.158 e. The van der Waals surface area contributed by atoms with Gasteiger partial charge in [-0.1, -0.05) is 18.2 Å². The predicted octanol–water partition coefficient (Wildman–Crippen LogP) is 1.19. The van der Waals surface area contributed by atoms with Crippen molar-refractivity contribution in [1.29, 1.82) is 0 Å². The number of aliphatic hydroxyl groups excluding tert-OH is 1. The summed E-state index contributed by atoms with van der Waals surface area (Å²) in [4.78, 5) is 0. The zero-order valence-electron chi connectivity index (χ0n) is 7.86. The first-order valence-corrected chi connectivity index (χ1v) is 4.26. The second-order valence-electron chi connectivity index (χ2n) is 3.31. The van der Waals surface area contributed by atoms with Crippen LogP contribution in [0.3, 0.4) is 0 Å². The molecule has 1 aromatic carbocycles. The minimum atomic E-state index is -1.29. The van der Waals surface area contributed by atoms with Crippen LogP contribution in [0.25, 0.3) is 0 Å². The first kappa shape index (κ1) is 10.0. The van der Waals surface area contributed by atoms with Crippen molar-refractivity contribution in [2.75, 3.05) is 5.32 Å². The fourth-order valence-corrected chi connectivity index (χ4v) is 0.918. The van der Waals surface area contributed by atoms with Crippen molar-refractivity contribution in [3.05, 3.63) is 30.3 Å². The topological polar surface area (TPSA) is 52.5 Å². The molecule has 0 spiro atoms. The lowest BCUT2D eigenvalue weighted by atomic mass is 10.1. The summed E-state index contributed by atoms with van der Waals surface area (Å²) in [5.74, 6) is 0. The van der Waals surface area contributed by atoms with Crippen LogP contribution in [0.2, 0.25) is 0 Å². The van der Waals surface area contributed by atoms with Gasteiger partial charge in [-0.25, -0.2) is 0 Å². The fraction of sp³-hybridized carbons (Fsp3) is 0.400. The lowest BCUT2D eigenvalue weighted by Gasteiger charge is -2.28. The molecule has 13 heavy (non-hydrogen) atoms. The molecule has 2 atom stereocenters. The highest BCUT2D eigenvalue weighted by Crippen LogP contribution is 2.15. The van der Waals surface area contributed by atoms with Gasteiger partial charge in [-0.15, -0.1) is 0 Å². The van der Waals surface area contributed by atoms with Crippen LogP contribution in [0.15, 0.2) is 30.3 Å². The number of benzene rings is 1. The Bertz CT molecular complexity index is 257. The van der Waals surface area contributed by atoms with E-state index in [9.17, 15) is 10.2 Å². The van der Waals surface area contributed by atoms with E-state index in [0.29, 0.717) is 0 Å². The van der Waals surface area contributed by atoms with Crippen LogP contribution >= 0.6 is 0 Å². The summed E-state index contributed by atoms with van der Waals surface area (Å²) in [5, 5.41) is 21.7. The first-order chi connectivity index (χ1) is 6.02. The van der Waals surface area contributed by atoms with Crippen LogP contribution in [0.1, 0.15) is 13.8 Å². The van der Waals surface area contributed by atoms with Gasteiger partial charge in [0.05, 0.1) is 6.10 Å². The molecule has 0 radical (unpaired) electrons. The molecule has 3 heteroatoms. The molecule has 72 valence electrons. The van der Waals surface area contributed by atoms with Crippen LogP contribution in [0, 0.1) is 0 Å². The largest absolute Gasteiger partial charge is 0.388 e. The number of para-hydroxylation sites is 1. The Balaban J connectivity index is 2.69. The van der Waals surface area contributed by atoms with Gasteiger partial charge in [0, 0.05) is 5.69 Å². The molecule has 0 saturated heterocycles. The summed E-state index contributed by atoms with van der Waals surface area (Å²) in [5.41, 5.74) is -0.505. The van der Waals surface area contributed by atoms with Gasteiger partial charge < -0.3 is 15.5 Å². The fourth-order valence-electron chi connectivity index (χ4n) is 0.918. The number of aliphatic hydroxyl groups is 2. The van der Waals surface area contributed by atoms with Gasteiger partial charge in [-0.05, 0) is 26.0 Å². The maximum absolute atomic E-state index is 9.68. The Morgan fingerprint density at radius 3 is 2.31 bits per heavy atom. The molecule has 3 N–H and O–H groups in total. The van der Waals surface area contributed by atoms with Gasteiger partial charge in [0.2, 0.25) is 0 Å². The Morgan fingerprint density at radius 2 is 1.85 bits per heavy atom. The Kier molecular flexibility index (Phi) is 2.90. The highest BCUT2D eigenvalue weighted by atomic mass is 16.4. The summed E-state index contributed by atoms with van der Waals surface area (Å²) in [7, 11) is 0. The van der Waals surface area contributed by atoms with Crippen LogP contribution in [0.5, 0.6) is 0 Å². The van der Waals surface area contributed by atoms with Crippen LogP contribution in [0.4, 0.5) is 5.69 Å². The first-order valence-electron chi connectivity index (χ1n) is 4.26. The molecular formula is C10H15NO2. The van der Waals surface area contributed by atoms with E-state index < -0.39 is 11.8 Å². The molecule has 0 aliphatic carbocycles. The molecule has 0 heterocycles. The van der Waals surface area contributed by atoms with E-state index in [1.807, 2.05) is 30.3 Å². The second kappa shape index (κ2) is 3.77. The van der Waals surface area contributed by atoms with E-state index >= 15 is 0 Å². The van der Waals surface area contributed by atoms with Gasteiger partial charge in [-0.3, -0.25) is 0 Å². The quantitative estimate of drug-likeness (QED) is 0.614. The minimum absolute atomic E-state index is 0.786. The Labute approximate surface area is 78.0 Å². The van der Waals surface area contributed by atoms with Crippen molar-refractivity contribution in [2.45, 2.75) is 25.7 Å². The summed E-state index contributed by atoms with van der Waals surface area (Å²) in [6.07, 6.45) is -0.826. The minimum Gasteiger partial charge on any atom is -0.388 e. The molecule has 1 aromatic rings. The molecule has 0 bridgehead atoms. The smallest absolute Gasteiger partial charge is 0.158 e. The number of rotatable bonds is 3. The molecule has 3 nitrogen and oxygen atoms in total. The average Bonchev–Trinajstić information content (AvgIpc) is 2.05. The van der Waals surface area contributed by atoms with Crippen molar-refractivity contribution in [1.82, 2.24) is 0 Å². The van der Waals surface area contributed by atoms with Crippen molar-refractivity contribution < 1.29 is 10.2 Å². The lowest BCUT2D eigenvalue weighted by molar-refractivity contribution is -0.0302. The van der Waals surface area contributed by atoms with E-state index in [-0.39, 0.29) is 0 Å². The molecular weight excluding hydrogens is 166 g/mol. The van der Waals surface area contributed by atoms with E-state index in [0.717, 1.165) is 5.69 Å². The molecule has 2 unspecified atom stereocenters. The Hall–Kier alpha value is -1.06. The molecule has 0 aliphatic rings. The predicted molar refractivity (Wildman–Crippen MR) is 52.4 cm³/mol. The van der Waals surface area contributed by atoms with Gasteiger partial charge in [0.15, 0.2) is 5.72 Å². The van der Waals surface area contributed by atoms with E-state index in [4.69, 9.17) is 0 Å². The lowest BCUT2D eigenvalue weighted by Crippen LogP contribution is -2.44. The van der Waals surface area contributed by atoms with Gasteiger partial charge in [-0.2, -0.15) is 0 Å². The summed E-state index contributed by atoms with van der Waals surface area (Å²) >= 11 is 0. The van der Waals surface area contributed by atoms with Crippen LogP contribution in [-0.4, -0.2) is 22.0 Å². The summed E-state index contributed by atoms with van der Waals surface area (Å²) < 4.78 is 0. The molecule has 0 fully saturated rings. The van der Waals surface area contributed by atoms with Gasteiger partial charge >= 0.3 is 0 Å². The monoisotopic (exact) mass is 181 g/mol. The normalized spacial score (nSPS) is 17.5.